The zero-order valence-corrected chi connectivity index (χ0v) is 10.5. The molecule has 2 fully saturated rings. The minimum atomic E-state index is 0.477. The fourth-order valence-corrected chi connectivity index (χ4v) is 3.29. The van der Waals surface area contributed by atoms with Crippen molar-refractivity contribution in [1.29, 1.82) is 0 Å². The largest absolute Gasteiger partial charge is 0.377 e. The molecule has 2 N–H and O–H groups in total. The third kappa shape index (κ3) is 2.96. The van der Waals surface area contributed by atoms with Gasteiger partial charge in [0.05, 0.1) is 6.10 Å². The van der Waals surface area contributed by atoms with E-state index in [0.717, 1.165) is 19.7 Å². The quantitative estimate of drug-likeness (QED) is 0.791. The molecule has 0 bridgehead atoms. The molecule has 0 amide bonds. The highest BCUT2D eigenvalue weighted by atomic mass is 16.5. The van der Waals surface area contributed by atoms with Crippen molar-refractivity contribution in [3.8, 4) is 0 Å². The number of hydrogen-bond acceptors (Lipinski definition) is 3. The van der Waals surface area contributed by atoms with Gasteiger partial charge in [0.15, 0.2) is 0 Å². The Balaban J connectivity index is 1.83. The summed E-state index contributed by atoms with van der Waals surface area (Å²) in [4.78, 5) is 2.51. The molecular formula is C13H26N2O. The lowest BCUT2D eigenvalue weighted by molar-refractivity contribution is 0.0469. The predicted molar refractivity (Wildman–Crippen MR) is 66.4 cm³/mol. The van der Waals surface area contributed by atoms with Gasteiger partial charge in [-0.3, -0.25) is 0 Å². The van der Waals surface area contributed by atoms with Gasteiger partial charge in [-0.15, -0.1) is 0 Å². The Bertz CT molecular complexity index is 204. The van der Waals surface area contributed by atoms with Crippen LogP contribution in [0.15, 0.2) is 0 Å². The molecule has 0 aromatic rings. The fraction of sp³-hybridized carbons (Fsp3) is 1.00. The lowest BCUT2D eigenvalue weighted by atomic mass is 9.83. The summed E-state index contributed by atoms with van der Waals surface area (Å²) >= 11 is 0. The summed E-state index contributed by atoms with van der Waals surface area (Å²) < 4.78 is 5.71. The molecule has 1 heterocycles. The second-order valence-corrected chi connectivity index (χ2v) is 5.42. The van der Waals surface area contributed by atoms with Gasteiger partial charge in [-0.25, -0.2) is 0 Å². The first kappa shape index (κ1) is 12.3. The molecule has 1 aliphatic heterocycles. The Morgan fingerprint density at radius 2 is 2.00 bits per heavy atom. The van der Waals surface area contributed by atoms with Gasteiger partial charge in [-0.05, 0) is 45.2 Å². The molecule has 0 aromatic carbocycles. The minimum absolute atomic E-state index is 0.477. The van der Waals surface area contributed by atoms with Crippen LogP contribution in [0.5, 0.6) is 0 Å². The number of ether oxygens (including phenoxy) is 1. The third-order valence-electron chi connectivity index (χ3n) is 4.25. The smallest absolute Gasteiger partial charge is 0.0702 e. The van der Waals surface area contributed by atoms with Crippen LogP contribution < -0.4 is 5.73 Å². The molecule has 0 spiro atoms. The van der Waals surface area contributed by atoms with Crippen molar-refractivity contribution in [2.75, 3.05) is 26.7 Å². The van der Waals surface area contributed by atoms with Gasteiger partial charge in [-0.2, -0.15) is 0 Å². The van der Waals surface area contributed by atoms with Crippen molar-refractivity contribution in [1.82, 2.24) is 4.90 Å². The Hall–Kier alpha value is -0.120. The summed E-state index contributed by atoms with van der Waals surface area (Å²) in [5, 5.41) is 0. The van der Waals surface area contributed by atoms with E-state index in [9.17, 15) is 0 Å². The van der Waals surface area contributed by atoms with Crippen LogP contribution in [0.2, 0.25) is 0 Å². The minimum Gasteiger partial charge on any atom is -0.377 e. The normalized spacial score (nSPS) is 35.8. The van der Waals surface area contributed by atoms with Crippen LogP contribution in [0.1, 0.15) is 38.5 Å². The van der Waals surface area contributed by atoms with E-state index in [1.165, 1.54) is 38.5 Å². The fourth-order valence-electron chi connectivity index (χ4n) is 3.29. The lowest BCUT2D eigenvalue weighted by Crippen LogP contribution is -2.45. The molecular weight excluding hydrogens is 200 g/mol. The molecule has 94 valence electrons. The number of hydrogen-bond donors (Lipinski definition) is 1. The third-order valence-corrected chi connectivity index (χ3v) is 4.25. The molecule has 0 radical (unpaired) electrons. The van der Waals surface area contributed by atoms with Crippen LogP contribution in [-0.2, 0) is 4.74 Å². The molecule has 2 rings (SSSR count). The maximum atomic E-state index is 5.88. The molecule has 1 saturated heterocycles. The average molecular weight is 226 g/mol. The Labute approximate surface area is 99.3 Å². The van der Waals surface area contributed by atoms with E-state index in [0.29, 0.717) is 18.1 Å². The standard InChI is InChI=1S/C13H26N2O/c1-15(10-12-6-4-8-16-12)13-7-3-2-5-11(13)9-14/h11-13H,2-10,14H2,1H3. The molecule has 1 saturated carbocycles. The van der Waals surface area contributed by atoms with Crippen molar-refractivity contribution < 1.29 is 4.74 Å². The van der Waals surface area contributed by atoms with Gasteiger partial charge < -0.3 is 15.4 Å². The van der Waals surface area contributed by atoms with Gasteiger partial charge in [0, 0.05) is 19.2 Å². The lowest BCUT2D eigenvalue weighted by Gasteiger charge is -2.38. The van der Waals surface area contributed by atoms with Gasteiger partial charge in [-0.1, -0.05) is 12.8 Å². The molecule has 16 heavy (non-hydrogen) atoms. The topological polar surface area (TPSA) is 38.5 Å². The summed E-state index contributed by atoms with van der Waals surface area (Å²) in [7, 11) is 2.25. The molecule has 3 heteroatoms. The zero-order chi connectivity index (χ0) is 11.4. The predicted octanol–water partition coefficient (Wildman–Crippen LogP) is 1.61. The van der Waals surface area contributed by atoms with Crippen molar-refractivity contribution in [3.05, 3.63) is 0 Å². The monoisotopic (exact) mass is 226 g/mol. The van der Waals surface area contributed by atoms with E-state index in [2.05, 4.69) is 11.9 Å². The van der Waals surface area contributed by atoms with E-state index < -0.39 is 0 Å². The Kier molecular flexibility index (Phi) is 4.62. The summed E-state index contributed by atoms with van der Waals surface area (Å²) in [6.07, 6.45) is 8.34. The first-order valence-corrected chi connectivity index (χ1v) is 6.83. The van der Waals surface area contributed by atoms with Crippen LogP contribution in [0, 0.1) is 5.92 Å². The van der Waals surface area contributed by atoms with Crippen molar-refractivity contribution in [2.24, 2.45) is 11.7 Å². The second kappa shape index (κ2) is 5.99. The van der Waals surface area contributed by atoms with Gasteiger partial charge in [0.2, 0.25) is 0 Å². The van der Waals surface area contributed by atoms with Crippen LogP contribution in [0.3, 0.4) is 0 Å². The van der Waals surface area contributed by atoms with Crippen molar-refractivity contribution in [2.45, 2.75) is 50.7 Å². The summed E-state index contributed by atoms with van der Waals surface area (Å²) in [6.45, 7) is 2.91. The van der Waals surface area contributed by atoms with Crippen LogP contribution in [-0.4, -0.2) is 43.8 Å². The maximum absolute atomic E-state index is 5.88. The van der Waals surface area contributed by atoms with Gasteiger partial charge in [0.25, 0.3) is 0 Å². The second-order valence-electron chi connectivity index (χ2n) is 5.42. The highest BCUT2D eigenvalue weighted by Gasteiger charge is 2.29. The van der Waals surface area contributed by atoms with E-state index in [4.69, 9.17) is 10.5 Å². The van der Waals surface area contributed by atoms with Gasteiger partial charge >= 0.3 is 0 Å². The molecule has 1 aliphatic carbocycles. The van der Waals surface area contributed by atoms with Crippen molar-refractivity contribution >= 4 is 0 Å². The number of nitrogens with two attached hydrogens (primary N) is 1. The van der Waals surface area contributed by atoms with Crippen LogP contribution in [0.25, 0.3) is 0 Å². The molecule has 3 unspecified atom stereocenters. The van der Waals surface area contributed by atoms with E-state index in [-0.39, 0.29) is 0 Å². The molecule has 2 aliphatic rings. The first-order valence-electron chi connectivity index (χ1n) is 6.83. The van der Waals surface area contributed by atoms with Gasteiger partial charge in [0.1, 0.15) is 0 Å². The first-order chi connectivity index (χ1) is 7.81. The van der Waals surface area contributed by atoms with E-state index in [1.807, 2.05) is 0 Å². The Morgan fingerprint density at radius 3 is 2.69 bits per heavy atom. The SMILES string of the molecule is CN(CC1CCCO1)C1CCCCC1CN. The Morgan fingerprint density at radius 1 is 1.19 bits per heavy atom. The zero-order valence-electron chi connectivity index (χ0n) is 10.5. The van der Waals surface area contributed by atoms with E-state index in [1.54, 1.807) is 0 Å². The van der Waals surface area contributed by atoms with Crippen molar-refractivity contribution in [3.63, 3.8) is 0 Å². The summed E-state index contributed by atoms with van der Waals surface area (Å²) in [6, 6.07) is 0.697. The number of nitrogens with zero attached hydrogens (tertiary/aromatic N) is 1. The highest BCUT2D eigenvalue weighted by molar-refractivity contribution is 4.84. The number of rotatable bonds is 4. The van der Waals surface area contributed by atoms with Crippen LogP contribution in [0.4, 0.5) is 0 Å². The number of likely N-dealkylation sites (N-methyl/N-ethyl adjacent to an activating group) is 1. The van der Waals surface area contributed by atoms with E-state index >= 15 is 0 Å². The average Bonchev–Trinajstić information content (AvgIpc) is 2.81. The summed E-state index contributed by atoms with van der Waals surface area (Å²) in [5.41, 5.74) is 5.88. The summed E-state index contributed by atoms with van der Waals surface area (Å²) in [5.74, 6) is 0.708. The highest BCUT2D eigenvalue weighted by Crippen LogP contribution is 2.28. The molecule has 3 atom stereocenters. The maximum Gasteiger partial charge on any atom is 0.0702 e. The molecule has 0 aromatic heterocycles. The van der Waals surface area contributed by atoms with Crippen LogP contribution >= 0.6 is 0 Å². The molecule has 3 nitrogen and oxygen atoms in total.